The van der Waals surface area contributed by atoms with Gasteiger partial charge in [0.15, 0.2) is 0 Å². The first-order chi connectivity index (χ1) is 8.15. The molecule has 0 amide bonds. The third-order valence-electron chi connectivity index (χ3n) is 3.74. The summed E-state index contributed by atoms with van der Waals surface area (Å²) in [6.07, 6.45) is 2.29. The lowest BCUT2D eigenvalue weighted by Crippen LogP contribution is -2.32. The molecule has 94 valence electrons. The molecule has 1 fully saturated rings. The molecule has 0 aliphatic carbocycles. The van der Waals surface area contributed by atoms with Gasteiger partial charge in [0.25, 0.3) is 0 Å². The van der Waals surface area contributed by atoms with Crippen LogP contribution in [-0.4, -0.2) is 23.1 Å². The molecule has 1 aliphatic rings. The summed E-state index contributed by atoms with van der Waals surface area (Å²) in [7, 11) is 0. The van der Waals surface area contributed by atoms with Gasteiger partial charge in [0, 0.05) is 6.54 Å². The highest BCUT2D eigenvalue weighted by Gasteiger charge is 2.15. The molecular weight excluding hydrogens is 210 g/mol. The van der Waals surface area contributed by atoms with E-state index in [4.69, 9.17) is 0 Å². The third-order valence-corrected chi connectivity index (χ3v) is 3.74. The molecule has 1 aliphatic heterocycles. The van der Waals surface area contributed by atoms with Gasteiger partial charge in [0.2, 0.25) is 0 Å². The fourth-order valence-corrected chi connectivity index (χ4v) is 2.38. The zero-order valence-electron chi connectivity index (χ0n) is 10.9. The van der Waals surface area contributed by atoms with Crippen LogP contribution in [0.5, 0.6) is 0 Å². The number of hydrogen-bond donors (Lipinski definition) is 1. The van der Waals surface area contributed by atoms with E-state index in [0.29, 0.717) is 0 Å². The molecular formula is C15H23NO. The first kappa shape index (κ1) is 12.6. The highest BCUT2D eigenvalue weighted by atomic mass is 16.3. The first-order valence-electron chi connectivity index (χ1n) is 6.64. The van der Waals surface area contributed by atoms with E-state index < -0.39 is 0 Å². The number of aliphatic hydroxyl groups excluding tert-OH is 1. The van der Waals surface area contributed by atoms with E-state index in [9.17, 15) is 5.11 Å². The predicted octanol–water partition coefficient (Wildman–Crippen LogP) is 2.97. The Labute approximate surface area is 104 Å². The maximum atomic E-state index is 9.45. The molecule has 2 rings (SSSR count). The Kier molecular flexibility index (Phi) is 4.19. The summed E-state index contributed by atoms with van der Waals surface area (Å²) in [4.78, 5) is 2.53. The van der Waals surface area contributed by atoms with Crippen LogP contribution in [0.1, 0.15) is 43.9 Å². The maximum Gasteiger partial charge on any atom is 0.0761 e. The highest BCUT2D eigenvalue weighted by Crippen LogP contribution is 2.19. The van der Waals surface area contributed by atoms with Gasteiger partial charge in [-0.2, -0.15) is 0 Å². The first-order valence-corrected chi connectivity index (χ1v) is 6.64. The Hall–Kier alpha value is -0.860. The van der Waals surface area contributed by atoms with E-state index in [-0.39, 0.29) is 6.10 Å². The molecule has 1 aromatic carbocycles. The molecule has 0 radical (unpaired) electrons. The van der Waals surface area contributed by atoms with Gasteiger partial charge in [-0.3, -0.25) is 4.90 Å². The van der Waals surface area contributed by atoms with Crippen molar-refractivity contribution in [3.05, 3.63) is 35.4 Å². The largest absolute Gasteiger partial charge is 0.389 e. The molecule has 1 unspecified atom stereocenters. The van der Waals surface area contributed by atoms with Crippen molar-refractivity contribution in [2.45, 2.75) is 39.3 Å². The Morgan fingerprint density at radius 3 is 2.35 bits per heavy atom. The smallest absolute Gasteiger partial charge is 0.0761 e. The molecule has 0 spiro atoms. The van der Waals surface area contributed by atoms with E-state index in [1.165, 1.54) is 31.5 Å². The van der Waals surface area contributed by atoms with Crippen molar-refractivity contribution in [3.8, 4) is 0 Å². The molecule has 1 saturated heterocycles. The highest BCUT2D eigenvalue weighted by molar-refractivity contribution is 5.23. The quantitative estimate of drug-likeness (QED) is 0.867. The van der Waals surface area contributed by atoms with E-state index >= 15 is 0 Å². The molecule has 17 heavy (non-hydrogen) atoms. The average Bonchev–Trinajstić information content (AvgIpc) is 2.33. The van der Waals surface area contributed by atoms with Gasteiger partial charge < -0.3 is 5.11 Å². The van der Waals surface area contributed by atoms with E-state index in [2.05, 4.69) is 24.0 Å². The van der Waals surface area contributed by atoms with Crippen molar-refractivity contribution in [3.63, 3.8) is 0 Å². The number of rotatable bonds is 3. The summed E-state index contributed by atoms with van der Waals surface area (Å²) < 4.78 is 0. The fourth-order valence-electron chi connectivity index (χ4n) is 2.38. The molecule has 1 heterocycles. The summed E-state index contributed by atoms with van der Waals surface area (Å²) in [5.41, 5.74) is 2.35. The van der Waals surface area contributed by atoms with Crippen molar-refractivity contribution >= 4 is 0 Å². The standard InChI is InChI=1S/C15H23NO/c1-12-7-9-16(10-8-12)11-14-3-5-15(6-4-14)13(2)17/h3-6,12-13,17H,7-11H2,1-2H3. The number of aliphatic hydroxyl groups is 1. The number of likely N-dealkylation sites (tertiary alicyclic amines) is 1. The summed E-state index contributed by atoms with van der Waals surface area (Å²) in [5.74, 6) is 0.892. The molecule has 1 aromatic rings. The second kappa shape index (κ2) is 5.65. The summed E-state index contributed by atoms with van der Waals surface area (Å²) in [5, 5.41) is 9.45. The normalized spacial score (nSPS) is 20.4. The lowest BCUT2D eigenvalue weighted by molar-refractivity contribution is 0.185. The van der Waals surface area contributed by atoms with E-state index in [1.54, 1.807) is 6.92 Å². The Balaban J connectivity index is 1.90. The minimum absolute atomic E-state index is 0.361. The topological polar surface area (TPSA) is 23.5 Å². The number of hydrogen-bond acceptors (Lipinski definition) is 2. The van der Waals surface area contributed by atoms with Gasteiger partial charge in [-0.05, 0) is 49.9 Å². The van der Waals surface area contributed by atoms with Crippen LogP contribution in [0.3, 0.4) is 0 Å². The fraction of sp³-hybridized carbons (Fsp3) is 0.600. The third kappa shape index (κ3) is 3.55. The van der Waals surface area contributed by atoms with Gasteiger partial charge in [-0.25, -0.2) is 0 Å². The Morgan fingerprint density at radius 2 is 1.82 bits per heavy atom. The van der Waals surface area contributed by atoms with Gasteiger partial charge in [-0.15, -0.1) is 0 Å². The van der Waals surface area contributed by atoms with E-state index in [1.807, 2.05) is 12.1 Å². The number of piperidine rings is 1. The molecule has 1 N–H and O–H groups in total. The molecule has 2 nitrogen and oxygen atoms in total. The number of nitrogens with zero attached hydrogens (tertiary/aromatic N) is 1. The minimum atomic E-state index is -0.361. The Bertz CT molecular complexity index is 336. The van der Waals surface area contributed by atoms with Crippen LogP contribution in [0.25, 0.3) is 0 Å². The van der Waals surface area contributed by atoms with Crippen LogP contribution in [-0.2, 0) is 6.54 Å². The second-order valence-electron chi connectivity index (χ2n) is 5.38. The van der Waals surface area contributed by atoms with Crippen molar-refractivity contribution in [2.75, 3.05) is 13.1 Å². The molecule has 0 saturated carbocycles. The second-order valence-corrected chi connectivity index (χ2v) is 5.38. The van der Waals surface area contributed by atoms with Crippen LogP contribution in [0.2, 0.25) is 0 Å². The van der Waals surface area contributed by atoms with Crippen molar-refractivity contribution in [2.24, 2.45) is 5.92 Å². The maximum absolute atomic E-state index is 9.45. The molecule has 0 aromatic heterocycles. The lowest BCUT2D eigenvalue weighted by Gasteiger charge is -2.30. The van der Waals surface area contributed by atoms with E-state index in [0.717, 1.165) is 18.0 Å². The predicted molar refractivity (Wildman–Crippen MR) is 70.8 cm³/mol. The monoisotopic (exact) mass is 233 g/mol. The van der Waals surface area contributed by atoms with Crippen LogP contribution < -0.4 is 0 Å². The summed E-state index contributed by atoms with van der Waals surface area (Å²) >= 11 is 0. The molecule has 2 heteroatoms. The number of benzene rings is 1. The van der Waals surface area contributed by atoms with Crippen LogP contribution in [0, 0.1) is 5.92 Å². The van der Waals surface area contributed by atoms with Crippen LogP contribution in [0.15, 0.2) is 24.3 Å². The SMILES string of the molecule is CC1CCN(Cc2ccc(C(C)O)cc2)CC1. The average molecular weight is 233 g/mol. The Morgan fingerprint density at radius 1 is 1.24 bits per heavy atom. The van der Waals surface area contributed by atoms with Crippen LogP contribution >= 0.6 is 0 Å². The van der Waals surface area contributed by atoms with Gasteiger partial charge in [0.1, 0.15) is 0 Å². The van der Waals surface area contributed by atoms with Gasteiger partial charge in [0.05, 0.1) is 6.10 Å². The van der Waals surface area contributed by atoms with Crippen molar-refractivity contribution in [1.82, 2.24) is 4.90 Å². The minimum Gasteiger partial charge on any atom is -0.389 e. The summed E-state index contributed by atoms with van der Waals surface area (Å²) in [6.45, 7) is 7.64. The zero-order valence-corrected chi connectivity index (χ0v) is 10.9. The van der Waals surface area contributed by atoms with Crippen molar-refractivity contribution < 1.29 is 5.11 Å². The van der Waals surface area contributed by atoms with Crippen molar-refractivity contribution in [1.29, 1.82) is 0 Å². The van der Waals surface area contributed by atoms with Gasteiger partial charge in [-0.1, -0.05) is 31.2 Å². The van der Waals surface area contributed by atoms with Gasteiger partial charge >= 0.3 is 0 Å². The summed E-state index contributed by atoms with van der Waals surface area (Å²) in [6, 6.07) is 8.35. The zero-order chi connectivity index (χ0) is 12.3. The van der Waals surface area contributed by atoms with Crippen LogP contribution in [0.4, 0.5) is 0 Å². The lowest BCUT2D eigenvalue weighted by atomic mass is 9.98. The molecule has 0 bridgehead atoms. The molecule has 1 atom stereocenters.